The van der Waals surface area contributed by atoms with Crippen molar-refractivity contribution >= 4 is 39.6 Å². The lowest BCUT2D eigenvalue weighted by molar-refractivity contribution is 0.0526. The summed E-state index contributed by atoms with van der Waals surface area (Å²) >= 11 is 7.11. The molecule has 138 valence electrons. The van der Waals surface area contributed by atoms with Gasteiger partial charge in [0.15, 0.2) is 5.11 Å². The highest BCUT2D eigenvalue weighted by Gasteiger charge is 2.28. The van der Waals surface area contributed by atoms with Gasteiger partial charge in [0.1, 0.15) is 5.00 Å². The van der Waals surface area contributed by atoms with Crippen LogP contribution >= 0.6 is 23.6 Å². The van der Waals surface area contributed by atoms with Crippen LogP contribution in [-0.4, -0.2) is 36.4 Å². The number of thiophene rings is 1. The van der Waals surface area contributed by atoms with E-state index < -0.39 is 0 Å². The number of esters is 1. The predicted octanol–water partition coefficient (Wildman–Crippen LogP) is 3.66. The predicted molar refractivity (Wildman–Crippen MR) is 105 cm³/mol. The van der Waals surface area contributed by atoms with E-state index in [1.54, 1.807) is 11.3 Å². The number of anilines is 1. The first-order valence-corrected chi connectivity index (χ1v) is 10.3. The topological polar surface area (TPSA) is 59.6 Å². The molecule has 0 aromatic carbocycles. The van der Waals surface area contributed by atoms with Crippen LogP contribution in [0.4, 0.5) is 5.00 Å². The SMILES string of the molecule is CCOC(=O)c1c(NC(=S)N[C@@H](C)[C@@H]2CCCO2)sc2c1CCCC2. The maximum atomic E-state index is 12.5. The molecule has 1 aliphatic carbocycles. The average Bonchev–Trinajstić information content (AvgIpc) is 3.22. The van der Waals surface area contributed by atoms with Crippen molar-refractivity contribution in [2.24, 2.45) is 0 Å². The van der Waals surface area contributed by atoms with Gasteiger partial charge in [0, 0.05) is 11.5 Å². The van der Waals surface area contributed by atoms with Crippen LogP contribution in [0.2, 0.25) is 0 Å². The molecule has 0 unspecified atom stereocenters. The average molecular weight is 383 g/mol. The van der Waals surface area contributed by atoms with Crippen molar-refractivity contribution in [1.29, 1.82) is 0 Å². The molecule has 0 amide bonds. The number of carbonyl (C=O) groups is 1. The Bertz CT molecular complexity index is 639. The lowest BCUT2D eigenvalue weighted by atomic mass is 9.95. The molecule has 0 radical (unpaired) electrons. The number of fused-ring (bicyclic) bond motifs is 1. The van der Waals surface area contributed by atoms with E-state index in [0.717, 1.165) is 49.3 Å². The second-order valence-electron chi connectivity index (χ2n) is 6.57. The molecule has 2 atom stereocenters. The number of thiocarbonyl (C=S) groups is 1. The Hall–Kier alpha value is -1.18. The van der Waals surface area contributed by atoms with Gasteiger partial charge in [-0.25, -0.2) is 4.79 Å². The molecule has 7 heteroatoms. The Morgan fingerprint density at radius 1 is 1.40 bits per heavy atom. The zero-order chi connectivity index (χ0) is 17.8. The zero-order valence-electron chi connectivity index (χ0n) is 14.9. The van der Waals surface area contributed by atoms with E-state index >= 15 is 0 Å². The summed E-state index contributed by atoms with van der Waals surface area (Å²) in [6, 6.07) is 0.142. The maximum Gasteiger partial charge on any atom is 0.341 e. The Labute approximate surface area is 158 Å². The van der Waals surface area contributed by atoms with Gasteiger partial charge < -0.3 is 20.1 Å². The first-order valence-electron chi connectivity index (χ1n) is 9.11. The minimum absolute atomic E-state index is 0.142. The Morgan fingerprint density at radius 2 is 2.20 bits per heavy atom. The minimum Gasteiger partial charge on any atom is -0.462 e. The molecule has 1 saturated heterocycles. The summed E-state index contributed by atoms with van der Waals surface area (Å²) in [5.74, 6) is -0.251. The summed E-state index contributed by atoms with van der Waals surface area (Å²) in [7, 11) is 0. The van der Waals surface area contributed by atoms with Crippen LogP contribution in [0, 0.1) is 0 Å². The normalized spacial score (nSPS) is 20.6. The molecular formula is C18H26N2O3S2. The van der Waals surface area contributed by atoms with Crippen LogP contribution in [0.1, 0.15) is 60.3 Å². The van der Waals surface area contributed by atoms with Gasteiger partial charge in [-0.3, -0.25) is 0 Å². The summed E-state index contributed by atoms with van der Waals surface area (Å²) in [4.78, 5) is 13.8. The van der Waals surface area contributed by atoms with Gasteiger partial charge in [-0.2, -0.15) is 0 Å². The van der Waals surface area contributed by atoms with Crippen molar-refractivity contribution in [2.45, 2.75) is 64.5 Å². The summed E-state index contributed by atoms with van der Waals surface area (Å²) in [6.07, 6.45) is 6.61. The van der Waals surface area contributed by atoms with Crippen molar-refractivity contribution in [3.05, 3.63) is 16.0 Å². The number of hydrogen-bond donors (Lipinski definition) is 2. The minimum atomic E-state index is -0.251. The van der Waals surface area contributed by atoms with E-state index in [9.17, 15) is 4.79 Å². The molecular weight excluding hydrogens is 356 g/mol. The van der Waals surface area contributed by atoms with Crippen LogP contribution < -0.4 is 10.6 Å². The molecule has 25 heavy (non-hydrogen) atoms. The number of ether oxygens (including phenoxy) is 2. The Balaban J connectivity index is 1.73. The number of nitrogens with one attached hydrogen (secondary N) is 2. The van der Waals surface area contributed by atoms with E-state index in [1.807, 2.05) is 6.92 Å². The van der Waals surface area contributed by atoms with Crippen LogP contribution in [0.3, 0.4) is 0 Å². The lowest BCUT2D eigenvalue weighted by Gasteiger charge is -2.22. The molecule has 0 spiro atoms. The summed E-state index contributed by atoms with van der Waals surface area (Å²) in [6.45, 7) is 5.11. The van der Waals surface area contributed by atoms with Crippen molar-refractivity contribution in [3.63, 3.8) is 0 Å². The molecule has 1 aromatic rings. The van der Waals surface area contributed by atoms with Crippen LogP contribution in [0.15, 0.2) is 0 Å². The lowest BCUT2D eigenvalue weighted by Crippen LogP contribution is -2.42. The summed E-state index contributed by atoms with van der Waals surface area (Å²) < 4.78 is 11.0. The van der Waals surface area contributed by atoms with E-state index in [1.165, 1.54) is 11.3 Å². The van der Waals surface area contributed by atoms with E-state index in [0.29, 0.717) is 17.3 Å². The fourth-order valence-corrected chi connectivity index (χ4v) is 5.14. The fourth-order valence-electron chi connectivity index (χ4n) is 3.51. The Morgan fingerprint density at radius 3 is 2.92 bits per heavy atom. The second-order valence-corrected chi connectivity index (χ2v) is 8.09. The number of rotatable bonds is 5. The van der Waals surface area contributed by atoms with Crippen molar-refractivity contribution in [3.8, 4) is 0 Å². The molecule has 2 heterocycles. The zero-order valence-corrected chi connectivity index (χ0v) is 16.5. The third-order valence-electron chi connectivity index (χ3n) is 4.76. The van der Waals surface area contributed by atoms with Crippen molar-refractivity contribution < 1.29 is 14.3 Å². The smallest absolute Gasteiger partial charge is 0.341 e. The van der Waals surface area contributed by atoms with E-state index in [-0.39, 0.29) is 18.1 Å². The highest BCUT2D eigenvalue weighted by Crippen LogP contribution is 2.38. The van der Waals surface area contributed by atoms with Crippen LogP contribution in [0.5, 0.6) is 0 Å². The van der Waals surface area contributed by atoms with Gasteiger partial charge in [-0.1, -0.05) is 0 Å². The first kappa shape index (κ1) is 18.6. The fraction of sp³-hybridized carbons (Fsp3) is 0.667. The largest absolute Gasteiger partial charge is 0.462 e. The van der Waals surface area contributed by atoms with Gasteiger partial charge in [0.05, 0.1) is 24.3 Å². The molecule has 1 aromatic heterocycles. The van der Waals surface area contributed by atoms with Gasteiger partial charge in [-0.05, 0) is 70.2 Å². The molecule has 1 fully saturated rings. The van der Waals surface area contributed by atoms with Crippen LogP contribution in [-0.2, 0) is 22.3 Å². The summed E-state index contributed by atoms with van der Waals surface area (Å²) in [5.41, 5.74) is 1.82. The summed E-state index contributed by atoms with van der Waals surface area (Å²) in [5, 5.41) is 7.88. The molecule has 0 saturated carbocycles. The third-order valence-corrected chi connectivity index (χ3v) is 6.19. The molecule has 2 N–H and O–H groups in total. The van der Waals surface area contributed by atoms with Gasteiger partial charge in [0.2, 0.25) is 0 Å². The molecule has 5 nitrogen and oxygen atoms in total. The van der Waals surface area contributed by atoms with Gasteiger partial charge in [0.25, 0.3) is 0 Å². The molecule has 2 aliphatic rings. The van der Waals surface area contributed by atoms with E-state index in [2.05, 4.69) is 17.6 Å². The molecule has 1 aliphatic heterocycles. The van der Waals surface area contributed by atoms with Gasteiger partial charge >= 0.3 is 5.97 Å². The molecule has 3 rings (SSSR count). The number of hydrogen-bond acceptors (Lipinski definition) is 5. The van der Waals surface area contributed by atoms with E-state index in [4.69, 9.17) is 21.7 Å². The molecule has 0 bridgehead atoms. The quantitative estimate of drug-likeness (QED) is 0.599. The highest BCUT2D eigenvalue weighted by atomic mass is 32.1. The van der Waals surface area contributed by atoms with Crippen LogP contribution in [0.25, 0.3) is 0 Å². The monoisotopic (exact) mass is 382 g/mol. The van der Waals surface area contributed by atoms with Crippen molar-refractivity contribution in [2.75, 3.05) is 18.5 Å². The number of aryl methyl sites for hydroxylation is 1. The standard InChI is InChI=1S/C18H26N2O3S2/c1-3-22-17(21)15-12-7-4-5-9-14(12)25-16(15)20-18(24)19-11(2)13-8-6-10-23-13/h11,13H,3-10H2,1-2H3,(H2,19,20,24)/t11-,13-/m0/s1. The third kappa shape index (κ3) is 4.33. The van der Waals surface area contributed by atoms with Gasteiger partial charge in [-0.15, -0.1) is 11.3 Å². The number of carbonyl (C=O) groups excluding carboxylic acids is 1. The van der Waals surface area contributed by atoms with Crippen molar-refractivity contribution in [1.82, 2.24) is 5.32 Å². The first-order chi connectivity index (χ1) is 12.1. The highest BCUT2D eigenvalue weighted by molar-refractivity contribution is 7.80. The Kier molecular flexibility index (Phi) is 6.30. The maximum absolute atomic E-state index is 12.5. The second kappa shape index (κ2) is 8.47.